The summed E-state index contributed by atoms with van der Waals surface area (Å²) in [5.41, 5.74) is 0.389. The number of unbranched alkanes of at least 4 members (excludes halogenated alkanes) is 1. The van der Waals surface area contributed by atoms with E-state index < -0.39 is 0 Å². The lowest BCUT2D eigenvalue weighted by Crippen LogP contribution is -2.36. The summed E-state index contributed by atoms with van der Waals surface area (Å²) in [6.45, 7) is 5.50. The maximum Gasteiger partial charge on any atom is 0.321 e. The largest absolute Gasteiger partial charge is 0.508 e. The smallest absolute Gasteiger partial charge is 0.321 e. The van der Waals surface area contributed by atoms with Crippen molar-refractivity contribution in [2.75, 3.05) is 18.4 Å². The molecule has 0 spiro atoms. The number of hydrogen-bond acceptors (Lipinski definition) is 3. The van der Waals surface area contributed by atoms with Crippen LogP contribution in [0.25, 0.3) is 0 Å². The van der Waals surface area contributed by atoms with Crippen LogP contribution in [0.4, 0.5) is 10.5 Å². The molecule has 19 heavy (non-hydrogen) atoms. The zero-order valence-corrected chi connectivity index (χ0v) is 11.5. The normalized spacial score (nSPS) is 10.2. The van der Waals surface area contributed by atoms with Gasteiger partial charge in [0.2, 0.25) is 0 Å². The summed E-state index contributed by atoms with van der Waals surface area (Å²) in [7, 11) is 0. The second-order valence-corrected chi connectivity index (χ2v) is 4.51. The molecule has 0 bridgehead atoms. The molecule has 0 heterocycles. The minimum absolute atomic E-state index is 0.0779. The number of hydrogen-bond donors (Lipinski definition) is 3. The van der Waals surface area contributed by atoms with Crippen LogP contribution in [0.15, 0.2) is 18.2 Å². The van der Waals surface area contributed by atoms with Crippen LogP contribution in [0.2, 0.25) is 0 Å². The van der Waals surface area contributed by atoms with Crippen molar-refractivity contribution in [3.05, 3.63) is 18.2 Å². The Hall–Kier alpha value is -1.91. The van der Waals surface area contributed by atoms with Crippen LogP contribution in [-0.2, 0) is 0 Å². The summed E-state index contributed by atoms with van der Waals surface area (Å²) in [6, 6.07) is 3.82. The molecule has 0 aromatic heterocycles. The second kappa shape index (κ2) is 7.51. The van der Waals surface area contributed by atoms with Crippen LogP contribution in [0.5, 0.6) is 11.5 Å². The van der Waals surface area contributed by atoms with Crippen molar-refractivity contribution < 1.29 is 15.0 Å². The predicted molar refractivity (Wildman–Crippen MR) is 75.6 cm³/mol. The summed E-state index contributed by atoms with van der Waals surface area (Å²) >= 11 is 0. The van der Waals surface area contributed by atoms with E-state index in [4.69, 9.17) is 0 Å². The van der Waals surface area contributed by atoms with Gasteiger partial charge in [-0.05, 0) is 12.8 Å². The first-order valence-electron chi connectivity index (χ1n) is 6.65. The lowest BCUT2D eigenvalue weighted by atomic mass is 10.2. The van der Waals surface area contributed by atoms with Gasteiger partial charge in [0.1, 0.15) is 11.5 Å². The van der Waals surface area contributed by atoms with Crippen molar-refractivity contribution in [2.24, 2.45) is 0 Å². The maximum absolute atomic E-state index is 12.1. The van der Waals surface area contributed by atoms with Crippen molar-refractivity contribution in [1.29, 1.82) is 0 Å². The molecular weight excluding hydrogens is 244 g/mol. The molecule has 0 saturated carbocycles. The second-order valence-electron chi connectivity index (χ2n) is 4.51. The standard InChI is InChI=1S/C14H22N2O3/c1-3-5-7-16(6-4-2)14(19)15-11-8-12(17)10-13(18)9-11/h8-10,17-18H,3-7H2,1-2H3,(H,15,19). The Morgan fingerprint density at radius 3 is 2.26 bits per heavy atom. The Balaban J connectivity index is 2.69. The molecule has 3 N–H and O–H groups in total. The molecule has 5 heteroatoms. The van der Waals surface area contributed by atoms with Gasteiger partial charge < -0.3 is 20.4 Å². The van der Waals surface area contributed by atoms with E-state index in [0.29, 0.717) is 18.8 Å². The molecule has 0 unspecified atom stereocenters. The molecule has 1 aromatic rings. The first kappa shape index (κ1) is 15.1. The number of carbonyl (C=O) groups excluding carboxylic acids is 1. The van der Waals surface area contributed by atoms with Gasteiger partial charge >= 0.3 is 6.03 Å². The van der Waals surface area contributed by atoms with Crippen molar-refractivity contribution in [3.8, 4) is 11.5 Å². The SMILES string of the molecule is CCCCN(CCC)C(=O)Nc1cc(O)cc(O)c1. The molecular formula is C14H22N2O3. The average molecular weight is 266 g/mol. The Kier molecular flexibility index (Phi) is 5.99. The molecule has 0 aliphatic rings. The fraction of sp³-hybridized carbons (Fsp3) is 0.500. The van der Waals surface area contributed by atoms with E-state index in [9.17, 15) is 15.0 Å². The quantitative estimate of drug-likeness (QED) is 0.740. The van der Waals surface area contributed by atoms with Gasteiger partial charge in [-0.15, -0.1) is 0 Å². The van der Waals surface area contributed by atoms with E-state index in [0.717, 1.165) is 19.3 Å². The molecule has 106 valence electrons. The Morgan fingerprint density at radius 1 is 1.11 bits per heavy atom. The first-order chi connectivity index (χ1) is 9.06. The molecule has 0 aliphatic carbocycles. The van der Waals surface area contributed by atoms with Gasteiger partial charge in [-0.1, -0.05) is 20.3 Å². The van der Waals surface area contributed by atoms with Gasteiger partial charge in [-0.3, -0.25) is 0 Å². The third-order valence-electron chi connectivity index (χ3n) is 2.72. The Bertz CT molecular complexity index is 401. The molecule has 0 atom stereocenters. The molecule has 0 fully saturated rings. The number of anilines is 1. The highest BCUT2D eigenvalue weighted by atomic mass is 16.3. The zero-order chi connectivity index (χ0) is 14.3. The summed E-state index contributed by atoms with van der Waals surface area (Å²) in [5, 5.41) is 21.4. The molecule has 2 amide bonds. The summed E-state index contributed by atoms with van der Waals surface area (Å²) < 4.78 is 0. The Morgan fingerprint density at radius 2 is 1.74 bits per heavy atom. The van der Waals surface area contributed by atoms with Gasteiger partial charge in [0.15, 0.2) is 0 Å². The molecule has 1 aromatic carbocycles. The minimum Gasteiger partial charge on any atom is -0.508 e. The molecule has 0 radical (unpaired) electrons. The monoisotopic (exact) mass is 266 g/mol. The van der Waals surface area contributed by atoms with Crippen LogP contribution in [-0.4, -0.2) is 34.2 Å². The van der Waals surface area contributed by atoms with Gasteiger partial charge in [0, 0.05) is 37.0 Å². The van der Waals surface area contributed by atoms with Gasteiger partial charge in [-0.2, -0.15) is 0 Å². The van der Waals surface area contributed by atoms with Crippen molar-refractivity contribution in [2.45, 2.75) is 33.1 Å². The number of carbonyl (C=O) groups is 1. The Labute approximate surface area is 113 Å². The molecule has 0 aliphatic heterocycles. The van der Waals surface area contributed by atoms with E-state index in [2.05, 4.69) is 12.2 Å². The number of rotatable bonds is 6. The van der Waals surface area contributed by atoms with Gasteiger partial charge in [0.05, 0.1) is 0 Å². The van der Waals surface area contributed by atoms with E-state index in [1.807, 2.05) is 6.92 Å². The zero-order valence-electron chi connectivity index (χ0n) is 11.5. The minimum atomic E-state index is -0.208. The first-order valence-corrected chi connectivity index (χ1v) is 6.65. The van der Waals surface area contributed by atoms with Crippen LogP contribution in [0.3, 0.4) is 0 Å². The van der Waals surface area contributed by atoms with E-state index in [1.165, 1.54) is 18.2 Å². The van der Waals surface area contributed by atoms with Crippen molar-refractivity contribution in [3.63, 3.8) is 0 Å². The number of phenols is 2. The van der Waals surface area contributed by atoms with Crippen LogP contribution in [0, 0.1) is 0 Å². The predicted octanol–water partition coefficient (Wildman–Crippen LogP) is 3.14. The van der Waals surface area contributed by atoms with Gasteiger partial charge in [-0.25, -0.2) is 4.79 Å². The van der Waals surface area contributed by atoms with Crippen LogP contribution in [0.1, 0.15) is 33.1 Å². The molecule has 0 saturated heterocycles. The number of benzene rings is 1. The molecule has 1 rings (SSSR count). The third kappa shape index (κ3) is 5.07. The number of nitrogens with zero attached hydrogens (tertiary/aromatic N) is 1. The van der Waals surface area contributed by atoms with Crippen LogP contribution >= 0.6 is 0 Å². The number of nitrogens with one attached hydrogen (secondary N) is 1. The lowest BCUT2D eigenvalue weighted by molar-refractivity contribution is 0.211. The summed E-state index contributed by atoms with van der Waals surface area (Å²) in [4.78, 5) is 13.8. The van der Waals surface area contributed by atoms with E-state index in [-0.39, 0.29) is 17.5 Å². The average Bonchev–Trinajstić information content (AvgIpc) is 2.33. The summed E-state index contributed by atoms with van der Waals surface area (Å²) in [5.74, 6) is -0.156. The number of amides is 2. The third-order valence-corrected chi connectivity index (χ3v) is 2.72. The fourth-order valence-corrected chi connectivity index (χ4v) is 1.80. The number of aromatic hydroxyl groups is 2. The highest BCUT2D eigenvalue weighted by molar-refractivity contribution is 5.89. The fourth-order valence-electron chi connectivity index (χ4n) is 1.80. The summed E-state index contributed by atoms with van der Waals surface area (Å²) in [6.07, 6.45) is 2.88. The van der Waals surface area contributed by atoms with Crippen LogP contribution < -0.4 is 5.32 Å². The van der Waals surface area contributed by atoms with E-state index >= 15 is 0 Å². The van der Waals surface area contributed by atoms with Gasteiger partial charge in [0.25, 0.3) is 0 Å². The number of phenolic OH excluding ortho intramolecular Hbond substituents is 2. The highest BCUT2D eigenvalue weighted by Crippen LogP contribution is 2.24. The lowest BCUT2D eigenvalue weighted by Gasteiger charge is -2.22. The topological polar surface area (TPSA) is 72.8 Å². The van der Waals surface area contributed by atoms with Crippen molar-refractivity contribution in [1.82, 2.24) is 4.90 Å². The van der Waals surface area contributed by atoms with Crippen molar-refractivity contribution >= 4 is 11.7 Å². The highest BCUT2D eigenvalue weighted by Gasteiger charge is 2.12. The number of urea groups is 1. The molecule has 5 nitrogen and oxygen atoms in total. The maximum atomic E-state index is 12.1. The van der Waals surface area contributed by atoms with E-state index in [1.54, 1.807) is 4.90 Å².